The molecule has 28 heavy (non-hydrogen) atoms. The van der Waals surface area contributed by atoms with Gasteiger partial charge in [-0.15, -0.1) is 0 Å². The lowest BCUT2D eigenvalue weighted by molar-refractivity contribution is -0.119. The highest BCUT2D eigenvalue weighted by Gasteiger charge is 2.19. The Balaban J connectivity index is 1.85. The van der Waals surface area contributed by atoms with Crippen LogP contribution in [0.5, 0.6) is 5.75 Å². The zero-order valence-electron chi connectivity index (χ0n) is 15.6. The van der Waals surface area contributed by atoms with Gasteiger partial charge in [-0.05, 0) is 56.3 Å². The number of rotatable bonds is 6. The summed E-state index contributed by atoms with van der Waals surface area (Å²) in [6.07, 6.45) is 0. The van der Waals surface area contributed by atoms with Crippen LogP contribution in [0.25, 0.3) is 11.3 Å². The molecule has 1 unspecified atom stereocenters. The Morgan fingerprint density at radius 1 is 1.14 bits per heavy atom. The van der Waals surface area contributed by atoms with Crippen LogP contribution in [0.1, 0.15) is 19.9 Å². The predicted octanol–water partition coefficient (Wildman–Crippen LogP) is 4.16. The second-order valence-electron chi connectivity index (χ2n) is 6.10. The predicted molar refractivity (Wildman–Crippen MR) is 110 cm³/mol. The van der Waals surface area contributed by atoms with E-state index in [9.17, 15) is 9.59 Å². The summed E-state index contributed by atoms with van der Waals surface area (Å²) in [5.74, 6) is 0.374. The van der Waals surface area contributed by atoms with E-state index in [0.717, 1.165) is 16.0 Å². The summed E-state index contributed by atoms with van der Waals surface area (Å²) in [7, 11) is 0. The minimum atomic E-state index is -0.813. The van der Waals surface area contributed by atoms with Crippen molar-refractivity contribution in [3.63, 3.8) is 0 Å². The van der Waals surface area contributed by atoms with Crippen molar-refractivity contribution in [3.05, 3.63) is 76.0 Å². The van der Waals surface area contributed by atoms with Crippen molar-refractivity contribution in [2.24, 2.45) is 0 Å². The monoisotopic (exact) mass is 397 g/mol. The molecule has 1 aromatic heterocycles. The third-order valence-electron chi connectivity index (χ3n) is 4.16. The van der Waals surface area contributed by atoms with E-state index in [0.29, 0.717) is 23.0 Å². The van der Waals surface area contributed by atoms with Crippen LogP contribution in [-0.2, 0) is 4.79 Å². The van der Waals surface area contributed by atoms with Gasteiger partial charge >= 0.3 is 0 Å². The molecule has 3 aromatic rings. The van der Waals surface area contributed by atoms with E-state index in [1.54, 1.807) is 37.3 Å². The van der Waals surface area contributed by atoms with Gasteiger partial charge in [-0.25, -0.2) is 4.68 Å². The van der Waals surface area contributed by atoms with Gasteiger partial charge in [0.2, 0.25) is 5.91 Å². The molecular formula is C21H20ClN3O3. The average Bonchev–Trinajstić information content (AvgIpc) is 2.70. The van der Waals surface area contributed by atoms with Crippen molar-refractivity contribution >= 4 is 23.2 Å². The van der Waals surface area contributed by atoms with E-state index < -0.39 is 6.04 Å². The number of hydrogen-bond donors (Lipinski definition) is 1. The van der Waals surface area contributed by atoms with Gasteiger partial charge in [0.25, 0.3) is 5.56 Å². The van der Waals surface area contributed by atoms with Gasteiger partial charge in [0.05, 0.1) is 23.0 Å². The quantitative estimate of drug-likeness (QED) is 0.677. The van der Waals surface area contributed by atoms with Crippen LogP contribution < -0.4 is 15.6 Å². The summed E-state index contributed by atoms with van der Waals surface area (Å²) < 4.78 is 6.60. The fourth-order valence-electron chi connectivity index (χ4n) is 2.66. The summed E-state index contributed by atoms with van der Waals surface area (Å²) in [6.45, 7) is 4.11. The third-order valence-corrected chi connectivity index (χ3v) is 4.49. The number of carbonyl (C=O) groups excluding carboxylic acids is 1. The summed E-state index contributed by atoms with van der Waals surface area (Å²) in [6, 6.07) is 16.5. The largest absolute Gasteiger partial charge is 0.494 e. The van der Waals surface area contributed by atoms with Crippen LogP contribution in [0.15, 0.2) is 65.5 Å². The van der Waals surface area contributed by atoms with E-state index in [2.05, 4.69) is 10.4 Å². The number of benzene rings is 2. The topological polar surface area (TPSA) is 73.2 Å². The maximum Gasteiger partial charge on any atom is 0.267 e. The number of ether oxygens (including phenoxy) is 1. The van der Waals surface area contributed by atoms with Crippen LogP contribution in [0, 0.1) is 0 Å². The number of aromatic nitrogens is 2. The molecule has 3 rings (SSSR count). The summed E-state index contributed by atoms with van der Waals surface area (Å²) >= 11 is 6.08. The van der Waals surface area contributed by atoms with Crippen molar-refractivity contribution in [2.75, 3.05) is 11.9 Å². The molecule has 0 aliphatic heterocycles. The number of para-hydroxylation sites is 1. The van der Waals surface area contributed by atoms with Gasteiger partial charge in [0.15, 0.2) is 0 Å². The lowest BCUT2D eigenvalue weighted by Crippen LogP contribution is -2.33. The van der Waals surface area contributed by atoms with Gasteiger partial charge in [0.1, 0.15) is 11.8 Å². The number of anilines is 1. The fourth-order valence-corrected chi connectivity index (χ4v) is 2.84. The Kier molecular flexibility index (Phi) is 6.11. The van der Waals surface area contributed by atoms with E-state index in [1.165, 1.54) is 6.07 Å². The molecule has 2 aromatic carbocycles. The number of nitrogens with one attached hydrogen (secondary N) is 1. The maximum absolute atomic E-state index is 12.6. The lowest BCUT2D eigenvalue weighted by atomic mass is 10.1. The molecule has 0 spiro atoms. The summed E-state index contributed by atoms with van der Waals surface area (Å²) in [4.78, 5) is 24.9. The van der Waals surface area contributed by atoms with Crippen LogP contribution in [0.2, 0.25) is 5.02 Å². The lowest BCUT2D eigenvalue weighted by Gasteiger charge is -2.15. The molecule has 0 bridgehead atoms. The SMILES string of the molecule is CCOc1ccc(-c2ccc(=O)n(C(C)C(=O)Nc3ccccc3Cl)n2)cc1. The Bertz CT molecular complexity index is 1030. The minimum Gasteiger partial charge on any atom is -0.494 e. The smallest absolute Gasteiger partial charge is 0.267 e. The van der Waals surface area contributed by atoms with Crippen LogP contribution in [0.3, 0.4) is 0 Å². The molecule has 1 heterocycles. The van der Waals surface area contributed by atoms with E-state index in [-0.39, 0.29) is 11.5 Å². The highest BCUT2D eigenvalue weighted by Crippen LogP contribution is 2.22. The number of amides is 1. The molecule has 0 saturated heterocycles. The van der Waals surface area contributed by atoms with E-state index >= 15 is 0 Å². The molecule has 1 N–H and O–H groups in total. The Hall–Kier alpha value is -3.12. The molecule has 0 radical (unpaired) electrons. The summed E-state index contributed by atoms with van der Waals surface area (Å²) in [5.41, 5.74) is 1.52. The highest BCUT2D eigenvalue weighted by atomic mass is 35.5. The minimum absolute atomic E-state index is 0.364. The molecule has 6 nitrogen and oxygen atoms in total. The van der Waals surface area contributed by atoms with Crippen LogP contribution in [-0.4, -0.2) is 22.3 Å². The molecule has 0 saturated carbocycles. The molecule has 7 heteroatoms. The Morgan fingerprint density at radius 3 is 2.54 bits per heavy atom. The van der Waals surface area contributed by atoms with E-state index in [4.69, 9.17) is 16.3 Å². The second kappa shape index (κ2) is 8.71. The normalized spacial score (nSPS) is 11.7. The van der Waals surface area contributed by atoms with Gasteiger partial charge < -0.3 is 10.1 Å². The van der Waals surface area contributed by atoms with Gasteiger partial charge in [-0.2, -0.15) is 5.10 Å². The van der Waals surface area contributed by atoms with Gasteiger partial charge in [0, 0.05) is 11.6 Å². The molecule has 1 amide bonds. The van der Waals surface area contributed by atoms with Crippen molar-refractivity contribution < 1.29 is 9.53 Å². The Labute approximate surface area is 167 Å². The van der Waals surface area contributed by atoms with Crippen molar-refractivity contribution in [1.82, 2.24) is 9.78 Å². The molecular weight excluding hydrogens is 378 g/mol. The number of carbonyl (C=O) groups is 1. The number of halogens is 1. The van der Waals surface area contributed by atoms with E-state index in [1.807, 2.05) is 31.2 Å². The number of nitrogens with zero attached hydrogens (tertiary/aromatic N) is 2. The zero-order chi connectivity index (χ0) is 20.1. The molecule has 0 fully saturated rings. The number of hydrogen-bond acceptors (Lipinski definition) is 4. The fraction of sp³-hybridized carbons (Fsp3) is 0.190. The van der Waals surface area contributed by atoms with Crippen molar-refractivity contribution in [1.29, 1.82) is 0 Å². The first-order chi connectivity index (χ1) is 13.5. The molecule has 1 atom stereocenters. The van der Waals surface area contributed by atoms with Crippen LogP contribution >= 0.6 is 11.6 Å². The zero-order valence-corrected chi connectivity index (χ0v) is 16.3. The maximum atomic E-state index is 12.6. The van der Waals surface area contributed by atoms with Crippen molar-refractivity contribution in [3.8, 4) is 17.0 Å². The molecule has 0 aliphatic carbocycles. The van der Waals surface area contributed by atoms with Gasteiger partial charge in [-0.3, -0.25) is 9.59 Å². The van der Waals surface area contributed by atoms with Crippen molar-refractivity contribution in [2.45, 2.75) is 19.9 Å². The first kappa shape index (κ1) is 19.6. The standard InChI is InChI=1S/C21H20ClN3O3/c1-3-28-16-10-8-15(9-11-16)18-12-13-20(26)25(24-18)14(2)21(27)23-19-7-5-4-6-17(19)22/h4-14H,3H2,1-2H3,(H,23,27). The Morgan fingerprint density at radius 2 is 1.86 bits per heavy atom. The average molecular weight is 398 g/mol. The third kappa shape index (κ3) is 4.40. The first-order valence-electron chi connectivity index (χ1n) is 8.88. The first-order valence-corrected chi connectivity index (χ1v) is 9.26. The molecule has 144 valence electrons. The highest BCUT2D eigenvalue weighted by molar-refractivity contribution is 6.33. The second-order valence-corrected chi connectivity index (χ2v) is 6.51. The van der Waals surface area contributed by atoms with Crippen LogP contribution in [0.4, 0.5) is 5.69 Å². The summed E-state index contributed by atoms with van der Waals surface area (Å²) in [5, 5.41) is 7.52. The molecule has 0 aliphatic rings. The van der Waals surface area contributed by atoms with Gasteiger partial charge in [-0.1, -0.05) is 23.7 Å².